The molecule has 0 radical (unpaired) electrons. The number of alkyl halides is 3. The molecule has 0 spiro atoms. The van der Waals surface area contributed by atoms with Crippen molar-refractivity contribution in [2.75, 3.05) is 0 Å². The first-order valence-corrected chi connectivity index (χ1v) is 4.89. The molecule has 13 heavy (non-hydrogen) atoms. The smallest absolute Gasteiger partial charge is 0.171 e. The van der Waals surface area contributed by atoms with Crippen molar-refractivity contribution in [2.45, 2.75) is 39.8 Å². The van der Waals surface area contributed by atoms with Gasteiger partial charge in [0.05, 0.1) is 5.92 Å². The molecule has 1 saturated carbocycles. The third-order valence-corrected chi connectivity index (χ3v) is 3.45. The number of rotatable bonds is 0. The van der Waals surface area contributed by atoms with Crippen LogP contribution in [-0.2, 0) is 0 Å². The topological polar surface area (TPSA) is 0 Å². The van der Waals surface area contributed by atoms with Crippen LogP contribution < -0.4 is 0 Å². The van der Waals surface area contributed by atoms with Crippen LogP contribution in [-0.4, -0.2) is 6.18 Å². The quantitative estimate of drug-likeness (QED) is 0.549. The first kappa shape index (κ1) is 10.9. The average Bonchev–Trinajstić information content (AvgIpc) is 1.94. The molecule has 0 bridgehead atoms. The summed E-state index contributed by atoms with van der Waals surface area (Å²) in [7, 11) is 0. The molecule has 78 valence electrons. The van der Waals surface area contributed by atoms with E-state index in [1.807, 2.05) is 13.8 Å². The van der Waals surface area contributed by atoms with E-state index in [0.717, 1.165) is 0 Å². The molecule has 1 fully saturated rings. The van der Waals surface area contributed by atoms with E-state index in [4.69, 9.17) is 0 Å². The van der Waals surface area contributed by atoms with E-state index in [1.165, 1.54) is 0 Å². The average molecular weight is 194 g/mol. The van der Waals surface area contributed by atoms with E-state index >= 15 is 0 Å². The lowest BCUT2D eigenvalue weighted by atomic mass is 9.70. The molecule has 3 heteroatoms. The predicted octanol–water partition coefficient (Wildman–Crippen LogP) is 3.87. The molecule has 2 unspecified atom stereocenters. The van der Waals surface area contributed by atoms with Crippen LogP contribution in [0.15, 0.2) is 0 Å². The maximum Gasteiger partial charge on any atom is 0.392 e. The molecule has 0 saturated heterocycles. The third-order valence-electron chi connectivity index (χ3n) is 3.45. The fraction of sp³-hybridized carbons (Fsp3) is 1.00. The van der Waals surface area contributed by atoms with Gasteiger partial charge in [0.2, 0.25) is 0 Å². The van der Waals surface area contributed by atoms with E-state index in [1.54, 1.807) is 6.92 Å². The Kier molecular flexibility index (Phi) is 2.93. The van der Waals surface area contributed by atoms with E-state index in [-0.39, 0.29) is 11.8 Å². The van der Waals surface area contributed by atoms with Gasteiger partial charge < -0.3 is 0 Å². The second-order valence-corrected chi connectivity index (χ2v) is 4.55. The molecule has 0 nitrogen and oxygen atoms in total. The molecule has 0 aromatic heterocycles. The minimum absolute atomic E-state index is 0.203. The summed E-state index contributed by atoms with van der Waals surface area (Å²) < 4.78 is 37.5. The summed E-state index contributed by atoms with van der Waals surface area (Å²) in [6.45, 7) is 5.70. The molecule has 1 rings (SSSR count). The summed E-state index contributed by atoms with van der Waals surface area (Å²) in [5, 5.41) is 0. The maximum absolute atomic E-state index is 12.5. The summed E-state index contributed by atoms with van der Waals surface area (Å²) in [4.78, 5) is 0. The van der Waals surface area contributed by atoms with Crippen LogP contribution in [0.1, 0.15) is 33.6 Å². The predicted molar refractivity (Wildman–Crippen MR) is 46.3 cm³/mol. The van der Waals surface area contributed by atoms with Gasteiger partial charge in [-0.2, -0.15) is 13.2 Å². The van der Waals surface area contributed by atoms with Gasteiger partial charge in [-0.05, 0) is 30.6 Å². The molecule has 0 aromatic rings. The van der Waals surface area contributed by atoms with Gasteiger partial charge in [0, 0.05) is 0 Å². The van der Waals surface area contributed by atoms with Gasteiger partial charge in [-0.1, -0.05) is 20.8 Å². The summed E-state index contributed by atoms with van der Waals surface area (Å²) in [6.07, 6.45) is -2.97. The number of halogens is 3. The lowest BCUT2D eigenvalue weighted by Crippen LogP contribution is -2.37. The van der Waals surface area contributed by atoms with E-state index in [2.05, 4.69) is 0 Å². The summed E-state index contributed by atoms with van der Waals surface area (Å²) in [5.41, 5.74) is 0. The zero-order valence-electron chi connectivity index (χ0n) is 8.36. The van der Waals surface area contributed by atoms with E-state index in [9.17, 15) is 13.2 Å². The highest BCUT2D eigenvalue weighted by Crippen LogP contribution is 2.45. The largest absolute Gasteiger partial charge is 0.392 e. The van der Waals surface area contributed by atoms with Gasteiger partial charge in [0.15, 0.2) is 0 Å². The second kappa shape index (κ2) is 3.50. The Morgan fingerprint density at radius 1 is 0.846 bits per heavy atom. The van der Waals surface area contributed by atoms with Crippen molar-refractivity contribution in [2.24, 2.45) is 23.7 Å². The molecule has 4 atom stereocenters. The van der Waals surface area contributed by atoms with Crippen molar-refractivity contribution in [3.63, 3.8) is 0 Å². The normalized spacial score (nSPS) is 42.0. The maximum atomic E-state index is 12.5. The van der Waals surface area contributed by atoms with Gasteiger partial charge in [-0.15, -0.1) is 0 Å². The second-order valence-electron chi connectivity index (χ2n) is 4.55. The van der Waals surface area contributed by atoms with Crippen LogP contribution in [0.5, 0.6) is 0 Å². The van der Waals surface area contributed by atoms with Crippen LogP contribution in [0.2, 0.25) is 0 Å². The Labute approximate surface area is 77.5 Å². The molecule has 1 aliphatic rings. The lowest BCUT2D eigenvalue weighted by Gasteiger charge is -2.38. The van der Waals surface area contributed by atoms with Crippen molar-refractivity contribution < 1.29 is 13.2 Å². The molecule has 0 N–H and O–H groups in total. The van der Waals surface area contributed by atoms with Crippen LogP contribution in [0.4, 0.5) is 13.2 Å². The summed E-state index contributed by atoms with van der Waals surface area (Å²) >= 11 is 0. The first-order chi connectivity index (χ1) is 5.82. The Bertz CT molecular complexity index is 173. The van der Waals surface area contributed by atoms with Gasteiger partial charge >= 0.3 is 6.18 Å². The zero-order valence-corrected chi connectivity index (χ0v) is 8.36. The molecular formula is C10H17F3. The number of hydrogen-bond donors (Lipinski definition) is 0. The van der Waals surface area contributed by atoms with Gasteiger partial charge in [0.25, 0.3) is 0 Å². The number of hydrogen-bond acceptors (Lipinski definition) is 0. The minimum atomic E-state index is -3.99. The minimum Gasteiger partial charge on any atom is -0.171 e. The van der Waals surface area contributed by atoms with Crippen LogP contribution >= 0.6 is 0 Å². The molecule has 0 amide bonds. The first-order valence-electron chi connectivity index (χ1n) is 4.89. The van der Waals surface area contributed by atoms with Crippen molar-refractivity contribution >= 4 is 0 Å². The van der Waals surface area contributed by atoms with Crippen LogP contribution in [0.25, 0.3) is 0 Å². The summed E-state index contributed by atoms with van der Waals surface area (Å²) in [6, 6.07) is 0. The Hall–Kier alpha value is -0.210. The SMILES string of the molecule is CC1C[C@H](C)[C@H](C)CC1C(F)(F)F. The highest BCUT2D eigenvalue weighted by molar-refractivity contribution is 4.83. The molecule has 0 aromatic carbocycles. The zero-order chi connectivity index (χ0) is 10.2. The molecule has 0 heterocycles. The van der Waals surface area contributed by atoms with Gasteiger partial charge in [-0.3, -0.25) is 0 Å². The fourth-order valence-corrected chi connectivity index (χ4v) is 2.30. The highest BCUT2D eigenvalue weighted by Gasteiger charge is 2.46. The monoisotopic (exact) mass is 194 g/mol. The highest BCUT2D eigenvalue weighted by atomic mass is 19.4. The standard InChI is InChI=1S/C10H17F3/c1-6-4-8(3)9(5-7(6)2)10(11,12)13/h6-9H,4-5H2,1-3H3/t6-,7+,8?,9?/m0/s1. The van der Waals surface area contributed by atoms with Gasteiger partial charge in [0.1, 0.15) is 0 Å². The summed E-state index contributed by atoms with van der Waals surface area (Å²) in [5.74, 6) is -0.624. The van der Waals surface area contributed by atoms with E-state index < -0.39 is 12.1 Å². The van der Waals surface area contributed by atoms with Crippen molar-refractivity contribution in [3.05, 3.63) is 0 Å². The third kappa shape index (κ3) is 2.38. The lowest BCUT2D eigenvalue weighted by molar-refractivity contribution is -0.201. The Morgan fingerprint density at radius 2 is 1.31 bits per heavy atom. The Balaban J connectivity index is 2.67. The van der Waals surface area contributed by atoms with Gasteiger partial charge in [-0.25, -0.2) is 0 Å². The van der Waals surface area contributed by atoms with Crippen molar-refractivity contribution in [3.8, 4) is 0 Å². The fourth-order valence-electron chi connectivity index (χ4n) is 2.30. The molecular weight excluding hydrogens is 177 g/mol. The van der Waals surface area contributed by atoms with Crippen molar-refractivity contribution in [1.29, 1.82) is 0 Å². The van der Waals surface area contributed by atoms with E-state index in [0.29, 0.717) is 18.8 Å². The molecule has 1 aliphatic carbocycles. The van der Waals surface area contributed by atoms with Crippen LogP contribution in [0.3, 0.4) is 0 Å². The molecule has 0 aliphatic heterocycles. The Morgan fingerprint density at radius 3 is 1.77 bits per heavy atom. The van der Waals surface area contributed by atoms with Crippen molar-refractivity contribution in [1.82, 2.24) is 0 Å². The van der Waals surface area contributed by atoms with Crippen LogP contribution in [0, 0.1) is 23.7 Å².